The Kier molecular flexibility index (Phi) is 7.02. The molecule has 0 saturated carbocycles. The first-order chi connectivity index (χ1) is 10.6. The molecule has 23 heavy (non-hydrogen) atoms. The summed E-state index contributed by atoms with van der Waals surface area (Å²) in [6.45, 7) is 7.61. The van der Waals surface area contributed by atoms with Crippen LogP contribution in [0, 0.1) is 0 Å². The fourth-order valence-electron chi connectivity index (χ4n) is 1.87. The van der Waals surface area contributed by atoms with Crippen LogP contribution in [0.2, 0.25) is 0 Å². The van der Waals surface area contributed by atoms with Crippen molar-refractivity contribution < 1.29 is 17.9 Å². The van der Waals surface area contributed by atoms with E-state index in [1.807, 2.05) is 12.1 Å². The van der Waals surface area contributed by atoms with E-state index in [2.05, 4.69) is 17.0 Å². The second kappa shape index (κ2) is 8.31. The SMILES string of the molecule is CCCc1ccc(S(=O)(=O)NCCNC(=O)OC(C)(C)C)cc1. The quantitative estimate of drug-likeness (QED) is 0.746. The van der Waals surface area contributed by atoms with Crippen LogP contribution in [0.1, 0.15) is 39.7 Å². The van der Waals surface area contributed by atoms with Crippen LogP contribution in [0.15, 0.2) is 29.2 Å². The monoisotopic (exact) mass is 342 g/mol. The Balaban J connectivity index is 2.45. The van der Waals surface area contributed by atoms with Gasteiger partial charge in [-0.3, -0.25) is 0 Å². The smallest absolute Gasteiger partial charge is 0.407 e. The van der Waals surface area contributed by atoms with E-state index in [-0.39, 0.29) is 18.0 Å². The zero-order valence-electron chi connectivity index (χ0n) is 14.2. The average Bonchev–Trinajstić information content (AvgIpc) is 2.43. The third-order valence-corrected chi connectivity index (χ3v) is 4.33. The maximum absolute atomic E-state index is 12.1. The van der Waals surface area contributed by atoms with E-state index in [4.69, 9.17) is 4.74 Å². The minimum atomic E-state index is -3.57. The summed E-state index contributed by atoms with van der Waals surface area (Å²) in [6, 6.07) is 6.82. The number of aryl methyl sites for hydroxylation is 1. The van der Waals surface area contributed by atoms with E-state index >= 15 is 0 Å². The Morgan fingerprint density at radius 1 is 1.13 bits per heavy atom. The minimum Gasteiger partial charge on any atom is -0.444 e. The number of rotatable bonds is 7. The van der Waals surface area contributed by atoms with Gasteiger partial charge in [-0.05, 0) is 44.9 Å². The number of nitrogens with one attached hydrogen (secondary N) is 2. The first-order valence-electron chi connectivity index (χ1n) is 7.69. The highest BCUT2D eigenvalue weighted by molar-refractivity contribution is 7.89. The molecule has 7 heteroatoms. The standard InChI is InChI=1S/C16H26N2O4S/c1-5-6-13-7-9-14(10-8-13)23(20,21)18-12-11-17-15(19)22-16(2,3)4/h7-10,18H,5-6,11-12H2,1-4H3,(H,17,19). The van der Waals surface area contributed by atoms with Gasteiger partial charge in [0.1, 0.15) is 5.60 Å². The minimum absolute atomic E-state index is 0.0955. The fraction of sp³-hybridized carbons (Fsp3) is 0.562. The van der Waals surface area contributed by atoms with Crippen molar-refractivity contribution in [1.82, 2.24) is 10.0 Å². The molecule has 1 rings (SSSR count). The average molecular weight is 342 g/mol. The maximum atomic E-state index is 12.1. The molecule has 0 aliphatic heterocycles. The molecule has 0 spiro atoms. The molecule has 0 saturated heterocycles. The number of hydrogen-bond acceptors (Lipinski definition) is 4. The van der Waals surface area contributed by atoms with Crippen LogP contribution >= 0.6 is 0 Å². The number of carbonyl (C=O) groups is 1. The summed E-state index contributed by atoms with van der Waals surface area (Å²) in [4.78, 5) is 11.7. The number of amides is 1. The number of benzene rings is 1. The van der Waals surface area contributed by atoms with Crippen molar-refractivity contribution in [3.8, 4) is 0 Å². The number of carbonyl (C=O) groups excluding carboxylic acids is 1. The molecule has 0 atom stereocenters. The van der Waals surface area contributed by atoms with Crippen molar-refractivity contribution in [1.29, 1.82) is 0 Å². The summed E-state index contributed by atoms with van der Waals surface area (Å²) in [5, 5.41) is 2.50. The summed E-state index contributed by atoms with van der Waals surface area (Å²) >= 11 is 0. The van der Waals surface area contributed by atoms with E-state index in [1.165, 1.54) is 0 Å². The van der Waals surface area contributed by atoms with Gasteiger partial charge in [0.25, 0.3) is 0 Å². The molecule has 0 unspecified atom stereocenters. The summed E-state index contributed by atoms with van der Waals surface area (Å²) in [6.07, 6.45) is 1.37. The van der Waals surface area contributed by atoms with Crippen LogP contribution < -0.4 is 10.0 Å². The molecule has 1 amide bonds. The molecule has 0 radical (unpaired) electrons. The molecule has 0 bridgehead atoms. The molecule has 6 nitrogen and oxygen atoms in total. The number of hydrogen-bond donors (Lipinski definition) is 2. The lowest BCUT2D eigenvalue weighted by Gasteiger charge is -2.19. The van der Waals surface area contributed by atoms with Gasteiger partial charge in [0.15, 0.2) is 0 Å². The molecule has 130 valence electrons. The Hall–Kier alpha value is -1.60. The van der Waals surface area contributed by atoms with Gasteiger partial charge in [0.2, 0.25) is 10.0 Å². The molecule has 0 aromatic heterocycles. The molecule has 0 heterocycles. The normalized spacial score (nSPS) is 12.0. The van der Waals surface area contributed by atoms with E-state index in [0.717, 1.165) is 18.4 Å². The van der Waals surface area contributed by atoms with Crippen molar-refractivity contribution >= 4 is 16.1 Å². The van der Waals surface area contributed by atoms with Crippen LogP contribution in [-0.2, 0) is 21.2 Å². The summed E-state index contributed by atoms with van der Waals surface area (Å²) < 4.78 is 31.7. The number of sulfonamides is 1. The van der Waals surface area contributed by atoms with Gasteiger partial charge in [0, 0.05) is 13.1 Å². The van der Waals surface area contributed by atoms with Crippen molar-refractivity contribution in [3.63, 3.8) is 0 Å². The zero-order valence-corrected chi connectivity index (χ0v) is 15.0. The molecule has 0 aliphatic carbocycles. The highest BCUT2D eigenvalue weighted by atomic mass is 32.2. The Labute approximate surface area is 138 Å². The van der Waals surface area contributed by atoms with Crippen LogP contribution in [0.4, 0.5) is 4.79 Å². The van der Waals surface area contributed by atoms with Gasteiger partial charge in [0.05, 0.1) is 4.90 Å². The van der Waals surface area contributed by atoms with Crippen LogP contribution in [-0.4, -0.2) is 33.2 Å². The first kappa shape index (κ1) is 19.4. The Bertz CT molecular complexity index is 604. The molecule has 1 aromatic carbocycles. The topological polar surface area (TPSA) is 84.5 Å². The summed E-state index contributed by atoms with van der Waals surface area (Å²) in [5.41, 5.74) is 0.530. The predicted molar refractivity (Wildman–Crippen MR) is 89.9 cm³/mol. The molecule has 0 fully saturated rings. The Morgan fingerprint density at radius 3 is 2.26 bits per heavy atom. The molecule has 0 aliphatic rings. The lowest BCUT2D eigenvalue weighted by Crippen LogP contribution is -2.37. The molecule has 2 N–H and O–H groups in total. The number of ether oxygens (including phenoxy) is 1. The zero-order chi connectivity index (χ0) is 17.5. The van der Waals surface area contributed by atoms with Crippen molar-refractivity contribution in [3.05, 3.63) is 29.8 Å². The second-order valence-corrected chi connectivity index (χ2v) is 7.99. The fourth-order valence-corrected chi connectivity index (χ4v) is 2.90. The molecule has 1 aromatic rings. The number of alkyl carbamates (subject to hydrolysis) is 1. The Morgan fingerprint density at radius 2 is 1.74 bits per heavy atom. The van der Waals surface area contributed by atoms with Crippen molar-refractivity contribution in [2.24, 2.45) is 0 Å². The third kappa shape index (κ3) is 7.47. The van der Waals surface area contributed by atoms with Crippen molar-refractivity contribution in [2.75, 3.05) is 13.1 Å². The van der Waals surface area contributed by atoms with E-state index in [9.17, 15) is 13.2 Å². The van der Waals surface area contributed by atoms with Gasteiger partial charge < -0.3 is 10.1 Å². The first-order valence-corrected chi connectivity index (χ1v) is 9.18. The van der Waals surface area contributed by atoms with E-state index in [0.29, 0.717) is 0 Å². The predicted octanol–water partition coefficient (Wildman–Crippen LogP) is 2.44. The highest BCUT2D eigenvalue weighted by Gasteiger charge is 2.16. The van der Waals surface area contributed by atoms with E-state index in [1.54, 1.807) is 32.9 Å². The van der Waals surface area contributed by atoms with Gasteiger partial charge >= 0.3 is 6.09 Å². The summed E-state index contributed by atoms with van der Waals surface area (Å²) in [7, 11) is -3.57. The highest BCUT2D eigenvalue weighted by Crippen LogP contribution is 2.11. The largest absolute Gasteiger partial charge is 0.444 e. The van der Waals surface area contributed by atoms with Crippen LogP contribution in [0.25, 0.3) is 0 Å². The van der Waals surface area contributed by atoms with Gasteiger partial charge in [-0.1, -0.05) is 25.5 Å². The lowest BCUT2D eigenvalue weighted by atomic mass is 10.1. The van der Waals surface area contributed by atoms with Gasteiger partial charge in [-0.15, -0.1) is 0 Å². The van der Waals surface area contributed by atoms with Gasteiger partial charge in [-0.25, -0.2) is 17.9 Å². The summed E-state index contributed by atoms with van der Waals surface area (Å²) in [5.74, 6) is 0. The van der Waals surface area contributed by atoms with Crippen molar-refractivity contribution in [2.45, 2.75) is 51.0 Å². The van der Waals surface area contributed by atoms with Crippen LogP contribution in [0.3, 0.4) is 0 Å². The molecular formula is C16H26N2O4S. The molecular weight excluding hydrogens is 316 g/mol. The van der Waals surface area contributed by atoms with Crippen LogP contribution in [0.5, 0.6) is 0 Å². The second-order valence-electron chi connectivity index (χ2n) is 6.22. The maximum Gasteiger partial charge on any atom is 0.407 e. The van der Waals surface area contributed by atoms with E-state index < -0.39 is 21.7 Å². The van der Waals surface area contributed by atoms with Gasteiger partial charge in [-0.2, -0.15) is 0 Å². The lowest BCUT2D eigenvalue weighted by molar-refractivity contribution is 0.0529. The third-order valence-electron chi connectivity index (χ3n) is 2.86.